The summed E-state index contributed by atoms with van der Waals surface area (Å²) in [5, 5.41) is 5.90. The summed E-state index contributed by atoms with van der Waals surface area (Å²) >= 11 is 0. The molecule has 2 atom stereocenters. The third kappa shape index (κ3) is 7.17. The number of rotatable bonds is 8. The van der Waals surface area contributed by atoms with Gasteiger partial charge in [0.25, 0.3) is 5.91 Å². The Morgan fingerprint density at radius 1 is 0.767 bits per heavy atom. The van der Waals surface area contributed by atoms with Crippen molar-refractivity contribution < 1.29 is 19.2 Å². The van der Waals surface area contributed by atoms with E-state index < -0.39 is 12.1 Å². The van der Waals surface area contributed by atoms with E-state index in [9.17, 15) is 19.2 Å². The van der Waals surface area contributed by atoms with Crippen molar-refractivity contribution in [3.05, 3.63) is 89.7 Å². The van der Waals surface area contributed by atoms with E-state index in [1.165, 1.54) is 6.20 Å². The van der Waals surface area contributed by atoms with Crippen LogP contribution in [-0.4, -0.2) is 63.6 Å². The quantitative estimate of drug-likeness (QED) is 0.362. The average molecular weight is 580 g/mol. The van der Waals surface area contributed by atoms with E-state index in [0.717, 1.165) is 24.0 Å². The molecular weight excluding hydrogens is 542 g/mol. The lowest BCUT2D eigenvalue weighted by molar-refractivity contribution is -0.139. The molecule has 0 bridgehead atoms. The molecule has 5 rings (SSSR count). The first-order chi connectivity index (χ1) is 20.8. The largest absolute Gasteiger partial charge is 0.330 e. The number of carbonyl (C=O) groups is 4. The summed E-state index contributed by atoms with van der Waals surface area (Å²) in [5.74, 6) is -0.643. The van der Waals surface area contributed by atoms with Gasteiger partial charge in [0.1, 0.15) is 12.1 Å². The van der Waals surface area contributed by atoms with Crippen LogP contribution in [0.2, 0.25) is 0 Å². The molecule has 3 aromatic rings. The minimum Gasteiger partial charge on any atom is -0.330 e. The molecule has 2 fully saturated rings. The second-order valence-corrected chi connectivity index (χ2v) is 11.3. The van der Waals surface area contributed by atoms with Gasteiger partial charge >= 0.3 is 0 Å². The molecule has 9 nitrogen and oxygen atoms in total. The first-order valence-corrected chi connectivity index (χ1v) is 14.8. The van der Waals surface area contributed by atoms with Crippen LogP contribution >= 0.6 is 0 Å². The predicted octanol–water partition coefficient (Wildman–Crippen LogP) is 5.08. The van der Waals surface area contributed by atoms with E-state index in [1.807, 2.05) is 74.5 Å². The molecule has 4 amide bonds. The molecule has 1 aromatic heterocycles. The first kappa shape index (κ1) is 29.7. The maximum absolute atomic E-state index is 13.0. The Bertz CT molecular complexity index is 1490. The highest BCUT2D eigenvalue weighted by Gasteiger charge is 2.35. The summed E-state index contributed by atoms with van der Waals surface area (Å²) in [6.07, 6.45) is 10.00. The highest BCUT2D eigenvalue weighted by atomic mass is 16.2. The molecule has 43 heavy (non-hydrogen) atoms. The molecule has 2 aliphatic heterocycles. The standard InChI is InChI=1S/C34H37N5O4/c1-23(2)33(42)38-20-4-7-29(38)31(40)36-27-15-11-24(12-16-27)9-10-25-13-17-28(18-14-25)37-32(41)30-8-5-21-39(30)34(43)26-6-3-19-35-22-26/h3,6,9-19,22-23,29-30H,4-5,7-8,20-21H2,1-2H3,(H,36,40)(H,37,41)/b10-9+/t29-,30-/m0/s1. The third-order valence-corrected chi connectivity index (χ3v) is 7.88. The molecule has 0 unspecified atom stereocenters. The van der Waals surface area contributed by atoms with Crippen LogP contribution in [0.1, 0.15) is 61.0 Å². The summed E-state index contributed by atoms with van der Waals surface area (Å²) in [6.45, 7) is 4.88. The minimum absolute atomic E-state index is 0.0160. The topological polar surface area (TPSA) is 112 Å². The number of aromatic nitrogens is 1. The van der Waals surface area contributed by atoms with Gasteiger partial charge < -0.3 is 20.4 Å². The lowest BCUT2D eigenvalue weighted by Crippen LogP contribution is -2.44. The molecule has 0 aliphatic carbocycles. The number of hydrogen-bond donors (Lipinski definition) is 2. The highest BCUT2D eigenvalue weighted by molar-refractivity contribution is 6.01. The summed E-state index contributed by atoms with van der Waals surface area (Å²) in [5.41, 5.74) is 3.76. The highest BCUT2D eigenvalue weighted by Crippen LogP contribution is 2.24. The number of hydrogen-bond acceptors (Lipinski definition) is 5. The zero-order valence-electron chi connectivity index (χ0n) is 24.5. The number of carbonyl (C=O) groups excluding carboxylic acids is 4. The summed E-state index contributed by atoms with van der Waals surface area (Å²) < 4.78 is 0. The number of amides is 4. The smallest absolute Gasteiger partial charge is 0.256 e. The third-order valence-electron chi connectivity index (χ3n) is 7.88. The van der Waals surface area contributed by atoms with Crippen LogP contribution < -0.4 is 10.6 Å². The lowest BCUT2D eigenvalue weighted by Gasteiger charge is -2.25. The van der Waals surface area contributed by atoms with Crippen LogP contribution in [0.3, 0.4) is 0 Å². The second-order valence-electron chi connectivity index (χ2n) is 11.3. The maximum Gasteiger partial charge on any atom is 0.256 e. The van der Waals surface area contributed by atoms with Crippen LogP contribution in [0.25, 0.3) is 12.2 Å². The molecule has 9 heteroatoms. The Hall–Kier alpha value is -4.79. The van der Waals surface area contributed by atoms with E-state index in [0.29, 0.717) is 42.9 Å². The van der Waals surface area contributed by atoms with Crippen molar-refractivity contribution in [1.29, 1.82) is 0 Å². The van der Waals surface area contributed by atoms with Gasteiger partial charge in [-0.05, 0) is 73.2 Å². The van der Waals surface area contributed by atoms with Gasteiger partial charge in [0.05, 0.1) is 5.56 Å². The van der Waals surface area contributed by atoms with E-state index in [4.69, 9.17) is 0 Å². The monoisotopic (exact) mass is 579 g/mol. The van der Waals surface area contributed by atoms with Crippen LogP contribution in [0.4, 0.5) is 11.4 Å². The molecule has 222 valence electrons. The van der Waals surface area contributed by atoms with Gasteiger partial charge in [-0.2, -0.15) is 0 Å². The molecule has 0 saturated carbocycles. The number of anilines is 2. The average Bonchev–Trinajstić information content (AvgIpc) is 3.72. The Kier molecular flexibility index (Phi) is 9.29. The maximum atomic E-state index is 13.0. The van der Waals surface area contributed by atoms with Gasteiger partial charge in [-0.1, -0.05) is 50.3 Å². The van der Waals surface area contributed by atoms with Gasteiger partial charge in [-0.25, -0.2) is 0 Å². The van der Waals surface area contributed by atoms with Crippen molar-refractivity contribution in [2.24, 2.45) is 5.92 Å². The predicted molar refractivity (Wildman–Crippen MR) is 167 cm³/mol. The van der Waals surface area contributed by atoms with Gasteiger partial charge in [-0.3, -0.25) is 24.2 Å². The van der Waals surface area contributed by atoms with Crippen LogP contribution in [0.15, 0.2) is 73.1 Å². The Labute approximate surface area is 252 Å². The first-order valence-electron chi connectivity index (χ1n) is 14.8. The van der Waals surface area contributed by atoms with Crippen molar-refractivity contribution in [2.45, 2.75) is 51.6 Å². The fourth-order valence-electron chi connectivity index (χ4n) is 5.57. The van der Waals surface area contributed by atoms with Crippen LogP contribution in [-0.2, 0) is 14.4 Å². The molecule has 2 aromatic carbocycles. The van der Waals surface area contributed by atoms with Gasteiger partial charge in [0.15, 0.2) is 0 Å². The molecule has 0 spiro atoms. The van der Waals surface area contributed by atoms with E-state index >= 15 is 0 Å². The Balaban J connectivity index is 1.13. The van der Waals surface area contributed by atoms with Gasteiger partial charge in [-0.15, -0.1) is 0 Å². The van der Waals surface area contributed by atoms with Crippen molar-refractivity contribution in [2.75, 3.05) is 23.7 Å². The fourth-order valence-corrected chi connectivity index (χ4v) is 5.57. The molecular formula is C34H37N5O4. The number of nitrogens with zero attached hydrogens (tertiary/aromatic N) is 3. The fraction of sp³-hybridized carbons (Fsp3) is 0.324. The Morgan fingerprint density at radius 3 is 1.77 bits per heavy atom. The number of benzene rings is 2. The zero-order chi connectivity index (χ0) is 30.3. The van der Waals surface area contributed by atoms with Crippen molar-refractivity contribution in [3.8, 4) is 0 Å². The zero-order valence-corrected chi connectivity index (χ0v) is 24.5. The minimum atomic E-state index is -0.514. The van der Waals surface area contributed by atoms with E-state index in [2.05, 4.69) is 15.6 Å². The van der Waals surface area contributed by atoms with Gasteiger partial charge in [0.2, 0.25) is 17.7 Å². The molecule has 2 saturated heterocycles. The van der Waals surface area contributed by atoms with E-state index in [-0.39, 0.29) is 29.5 Å². The number of nitrogens with one attached hydrogen (secondary N) is 2. The second kappa shape index (κ2) is 13.5. The van der Waals surface area contributed by atoms with Gasteiger partial charge in [0, 0.05) is 42.8 Å². The molecule has 3 heterocycles. The SMILES string of the molecule is CC(C)C(=O)N1CCC[C@H]1C(=O)Nc1ccc(/C=C/c2ccc(NC(=O)[C@@H]3CCCN3C(=O)c3cccnc3)cc2)cc1. The number of pyridine rings is 1. The van der Waals surface area contributed by atoms with Crippen LogP contribution in [0, 0.1) is 5.92 Å². The summed E-state index contributed by atoms with van der Waals surface area (Å²) in [4.78, 5) is 58.6. The summed E-state index contributed by atoms with van der Waals surface area (Å²) in [7, 11) is 0. The van der Waals surface area contributed by atoms with Crippen molar-refractivity contribution in [1.82, 2.24) is 14.8 Å². The Morgan fingerprint density at radius 2 is 1.28 bits per heavy atom. The molecule has 2 N–H and O–H groups in total. The molecule has 0 radical (unpaired) electrons. The van der Waals surface area contributed by atoms with Crippen molar-refractivity contribution >= 4 is 47.2 Å². The van der Waals surface area contributed by atoms with Crippen molar-refractivity contribution in [3.63, 3.8) is 0 Å². The molecule has 2 aliphatic rings. The summed E-state index contributed by atoms with van der Waals surface area (Å²) in [6, 6.07) is 17.6. The van der Waals surface area contributed by atoms with Crippen LogP contribution in [0.5, 0.6) is 0 Å². The van der Waals surface area contributed by atoms with E-state index in [1.54, 1.807) is 28.1 Å². The number of likely N-dealkylation sites (tertiary alicyclic amines) is 2. The normalized spacial score (nSPS) is 18.3. The lowest BCUT2D eigenvalue weighted by atomic mass is 10.1.